The molecule has 0 spiro atoms. The van der Waals surface area contributed by atoms with Crippen LogP contribution in [-0.2, 0) is 0 Å². The highest BCUT2D eigenvalue weighted by molar-refractivity contribution is 5.53. The van der Waals surface area contributed by atoms with E-state index in [1.54, 1.807) is 0 Å². The van der Waals surface area contributed by atoms with Gasteiger partial charge in [0.1, 0.15) is 5.75 Å². The average molecular weight is 247 g/mol. The SMILES string of the molecule is CCOc1ccc(C=C(C)CNC(C)(C)C)cc1. The predicted octanol–water partition coefficient (Wildman–Crippen LogP) is 3.88. The van der Waals surface area contributed by atoms with Crippen LogP contribution in [0, 0.1) is 0 Å². The van der Waals surface area contributed by atoms with Crippen LogP contribution in [0.2, 0.25) is 0 Å². The van der Waals surface area contributed by atoms with E-state index < -0.39 is 0 Å². The lowest BCUT2D eigenvalue weighted by atomic mass is 10.1. The van der Waals surface area contributed by atoms with Crippen LogP contribution in [0.15, 0.2) is 29.8 Å². The standard InChI is InChI=1S/C16H25NO/c1-6-18-15-9-7-14(8-10-15)11-13(2)12-17-16(3,4)5/h7-11,17H,6,12H2,1-5H3. The molecule has 18 heavy (non-hydrogen) atoms. The molecule has 0 aliphatic rings. The van der Waals surface area contributed by atoms with E-state index in [0.717, 1.165) is 12.3 Å². The molecular formula is C16H25NO. The molecule has 0 aliphatic heterocycles. The summed E-state index contributed by atoms with van der Waals surface area (Å²) in [7, 11) is 0. The Morgan fingerprint density at radius 2 is 1.83 bits per heavy atom. The summed E-state index contributed by atoms with van der Waals surface area (Å²) < 4.78 is 5.42. The first-order chi connectivity index (χ1) is 8.40. The van der Waals surface area contributed by atoms with Crippen molar-refractivity contribution < 1.29 is 4.74 Å². The summed E-state index contributed by atoms with van der Waals surface area (Å²) in [5, 5.41) is 3.48. The molecular weight excluding hydrogens is 222 g/mol. The van der Waals surface area contributed by atoms with Gasteiger partial charge in [-0.25, -0.2) is 0 Å². The van der Waals surface area contributed by atoms with E-state index in [1.807, 2.05) is 19.1 Å². The Morgan fingerprint density at radius 1 is 1.22 bits per heavy atom. The lowest BCUT2D eigenvalue weighted by molar-refractivity contribution is 0.340. The summed E-state index contributed by atoms with van der Waals surface area (Å²) in [6.45, 7) is 12.3. The number of hydrogen-bond donors (Lipinski definition) is 1. The van der Waals surface area contributed by atoms with Gasteiger partial charge < -0.3 is 10.1 Å². The van der Waals surface area contributed by atoms with Gasteiger partial charge in [0, 0.05) is 12.1 Å². The van der Waals surface area contributed by atoms with E-state index in [4.69, 9.17) is 4.74 Å². The van der Waals surface area contributed by atoms with E-state index in [9.17, 15) is 0 Å². The van der Waals surface area contributed by atoms with Crippen molar-refractivity contribution in [1.82, 2.24) is 5.32 Å². The first-order valence-corrected chi connectivity index (χ1v) is 6.56. The fraction of sp³-hybridized carbons (Fsp3) is 0.500. The van der Waals surface area contributed by atoms with Gasteiger partial charge in [0.15, 0.2) is 0 Å². The lowest BCUT2D eigenvalue weighted by Gasteiger charge is -2.20. The van der Waals surface area contributed by atoms with Gasteiger partial charge in [0.2, 0.25) is 0 Å². The van der Waals surface area contributed by atoms with Gasteiger partial charge in [-0.2, -0.15) is 0 Å². The molecule has 2 heteroatoms. The summed E-state index contributed by atoms with van der Waals surface area (Å²) in [5.74, 6) is 0.931. The van der Waals surface area contributed by atoms with Crippen LogP contribution in [0.5, 0.6) is 5.75 Å². The van der Waals surface area contributed by atoms with Gasteiger partial charge in [0.25, 0.3) is 0 Å². The van der Waals surface area contributed by atoms with Gasteiger partial charge in [-0.15, -0.1) is 0 Å². The minimum atomic E-state index is 0.161. The monoisotopic (exact) mass is 247 g/mol. The van der Waals surface area contributed by atoms with E-state index in [0.29, 0.717) is 6.61 Å². The van der Waals surface area contributed by atoms with Crippen LogP contribution in [0.4, 0.5) is 0 Å². The third-order valence-electron chi connectivity index (χ3n) is 2.50. The number of hydrogen-bond acceptors (Lipinski definition) is 2. The van der Waals surface area contributed by atoms with Gasteiger partial charge in [-0.1, -0.05) is 23.8 Å². The Morgan fingerprint density at radius 3 is 2.33 bits per heavy atom. The van der Waals surface area contributed by atoms with Crippen molar-refractivity contribution in [2.24, 2.45) is 0 Å². The number of benzene rings is 1. The first-order valence-electron chi connectivity index (χ1n) is 6.56. The van der Waals surface area contributed by atoms with Crippen molar-refractivity contribution in [1.29, 1.82) is 0 Å². The maximum absolute atomic E-state index is 5.42. The summed E-state index contributed by atoms with van der Waals surface area (Å²) in [4.78, 5) is 0. The molecule has 1 aromatic carbocycles. The zero-order chi connectivity index (χ0) is 13.6. The molecule has 1 N–H and O–H groups in total. The Kier molecular flexibility index (Phi) is 5.42. The molecule has 0 fully saturated rings. The fourth-order valence-electron chi connectivity index (χ4n) is 1.57. The van der Waals surface area contributed by atoms with Crippen molar-refractivity contribution in [2.75, 3.05) is 13.2 Å². The predicted molar refractivity (Wildman–Crippen MR) is 79.0 cm³/mol. The molecule has 1 rings (SSSR count). The molecule has 0 heterocycles. The second-order valence-corrected chi connectivity index (χ2v) is 5.60. The van der Waals surface area contributed by atoms with Crippen molar-refractivity contribution >= 4 is 6.08 Å². The average Bonchev–Trinajstić information content (AvgIpc) is 2.29. The Balaban J connectivity index is 2.59. The van der Waals surface area contributed by atoms with Crippen LogP contribution in [-0.4, -0.2) is 18.7 Å². The molecule has 0 unspecified atom stereocenters. The van der Waals surface area contributed by atoms with E-state index in [1.165, 1.54) is 11.1 Å². The van der Waals surface area contributed by atoms with Crippen molar-refractivity contribution in [2.45, 2.75) is 40.2 Å². The number of nitrogens with one attached hydrogen (secondary N) is 1. The molecule has 0 saturated heterocycles. The van der Waals surface area contributed by atoms with Gasteiger partial charge in [0.05, 0.1) is 6.61 Å². The van der Waals surface area contributed by atoms with Crippen molar-refractivity contribution in [3.8, 4) is 5.75 Å². The quantitative estimate of drug-likeness (QED) is 0.852. The largest absolute Gasteiger partial charge is 0.494 e. The first kappa shape index (κ1) is 14.8. The zero-order valence-electron chi connectivity index (χ0n) is 12.2. The summed E-state index contributed by atoms with van der Waals surface area (Å²) in [6, 6.07) is 8.21. The zero-order valence-corrected chi connectivity index (χ0v) is 12.2. The summed E-state index contributed by atoms with van der Waals surface area (Å²) >= 11 is 0. The Labute approximate surface area is 111 Å². The number of ether oxygens (including phenoxy) is 1. The molecule has 0 bridgehead atoms. The number of rotatable bonds is 5. The van der Waals surface area contributed by atoms with Crippen LogP contribution in [0.1, 0.15) is 40.2 Å². The summed E-state index contributed by atoms with van der Waals surface area (Å²) in [5.41, 5.74) is 2.70. The van der Waals surface area contributed by atoms with Crippen LogP contribution < -0.4 is 10.1 Å². The molecule has 0 amide bonds. The highest BCUT2D eigenvalue weighted by Gasteiger charge is 2.07. The molecule has 0 aromatic heterocycles. The molecule has 100 valence electrons. The van der Waals surface area contributed by atoms with Gasteiger partial charge in [-0.3, -0.25) is 0 Å². The highest BCUT2D eigenvalue weighted by Crippen LogP contribution is 2.14. The van der Waals surface area contributed by atoms with E-state index >= 15 is 0 Å². The Hall–Kier alpha value is -1.28. The molecule has 0 radical (unpaired) electrons. The van der Waals surface area contributed by atoms with Crippen LogP contribution in [0.3, 0.4) is 0 Å². The maximum atomic E-state index is 5.42. The molecule has 1 aromatic rings. The summed E-state index contributed by atoms with van der Waals surface area (Å²) in [6.07, 6.45) is 2.20. The molecule has 0 atom stereocenters. The van der Waals surface area contributed by atoms with E-state index in [2.05, 4.69) is 51.2 Å². The second-order valence-electron chi connectivity index (χ2n) is 5.60. The second kappa shape index (κ2) is 6.60. The van der Waals surface area contributed by atoms with E-state index in [-0.39, 0.29) is 5.54 Å². The molecule has 2 nitrogen and oxygen atoms in total. The maximum Gasteiger partial charge on any atom is 0.119 e. The Bertz CT molecular complexity index is 385. The van der Waals surface area contributed by atoms with Gasteiger partial charge >= 0.3 is 0 Å². The topological polar surface area (TPSA) is 21.3 Å². The molecule has 0 aliphatic carbocycles. The third kappa shape index (κ3) is 5.87. The highest BCUT2D eigenvalue weighted by atomic mass is 16.5. The van der Waals surface area contributed by atoms with Crippen LogP contribution >= 0.6 is 0 Å². The van der Waals surface area contributed by atoms with Crippen molar-refractivity contribution in [3.63, 3.8) is 0 Å². The fourth-order valence-corrected chi connectivity index (χ4v) is 1.57. The normalized spacial score (nSPS) is 12.6. The third-order valence-corrected chi connectivity index (χ3v) is 2.50. The smallest absolute Gasteiger partial charge is 0.119 e. The molecule has 0 saturated carbocycles. The van der Waals surface area contributed by atoms with Gasteiger partial charge in [-0.05, 0) is 52.3 Å². The van der Waals surface area contributed by atoms with Crippen LogP contribution in [0.25, 0.3) is 6.08 Å². The lowest BCUT2D eigenvalue weighted by Crippen LogP contribution is -2.36. The minimum Gasteiger partial charge on any atom is -0.494 e. The minimum absolute atomic E-state index is 0.161. The van der Waals surface area contributed by atoms with Crippen molar-refractivity contribution in [3.05, 3.63) is 35.4 Å².